The van der Waals surface area contributed by atoms with Gasteiger partial charge in [-0.15, -0.1) is 0 Å². The standard InChI is InChI=1S/C22H44N6/c1-23-10-5-20(17-28-13-8-22(9-14-28)26-24-2)4-3-19-6-11-27(12-7-19)18-21-15-25-16-21/h19-23,25-26H,2-18H2,1H3. The van der Waals surface area contributed by atoms with Crippen LogP contribution >= 0.6 is 0 Å². The molecule has 3 saturated heterocycles. The Morgan fingerprint density at radius 1 is 1.00 bits per heavy atom. The monoisotopic (exact) mass is 392 g/mol. The first-order valence-electron chi connectivity index (χ1n) is 11.8. The summed E-state index contributed by atoms with van der Waals surface area (Å²) < 4.78 is 0. The van der Waals surface area contributed by atoms with Crippen LogP contribution in [0.5, 0.6) is 0 Å². The molecule has 0 spiro atoms. The minimum absolute atomic E-state index is 0.533. The maximum Gasteiger partial charge on any atom is 0.0464 e. The fourth-order valence-corrected chi connectivity index (χ4v) is 5.19. The van der Waals surface area contributed by atoms with Crippen molar-refractivity contribution in [1.29, 1.82) is 0 Å². The second kappa shape index (κ2) is 12.1. The van der Waals surface area contributed by atoms with Gasteiger partial charge in [-0.25, -0.2) is 0 Å². The third kappa shape index (κ3) is 7.29. The lowest BCUT2D eigenvalue weighted by atomic mass is 9.87. The summed E-state index contributed by atoms with van der Waals surface area (Å²) in [4.78, 5) is 5.41. The van der Waals surface area contributed by atoms with Gasteiger partial charge in [-0.3, -0.25) is 0 Å². The minimum atomic E-state index is 0.533. The molecule has 6 nitrogen and oxygen atoms in total. The number of nitrogens with one attached hydrogen (secondary N) is 3. The van der Waals surface area contributed by atoms with Crippen molar-refractivity contribution in [3.63, 3.8) is 0 Å². The van der Waals surface area contributed by atoms with Crippen LogP contribution in [0.3, 0.4) is 0 Å². The van der Waals surface area contributed by atoms with Gasteiger partial charge in [-0.2, -0.15) is 5.10 Å². The highest BCUT2D eigenvalue weighted by atomic mass is 15.3. The van der Waals surface area contributed by atoms with Crippen molar-refractivity contribution in [3.8, 4) is 0 Å². The Labute approximate surface area is 172 Å². The molecule has 3 fully saturated rings. The van der Waals surface area contributed by atoms with Gasteiger partial charge in [0.1, 0.15) is 0 Å². The zero-order valence-corrected chi connectivity index (χ0v) is 18.2. The van der Waals surface area contributed by atoms with Gasteiger partial charge in [-0.1, -0.05) is 6.42 Å². The van der Waals surface area contributed by atoms with E-state index in [0.29, 0.717) is 6.04 Å². The molecule has 28 heavy (non-hydrogen) atoms. The van der Waals surface area contributed by atoms with Crippen LogP contribution in [-0.2, 0) is 0 Å². The average Bonchev–Trinajstić information content (AvgIpc) is 2.69. The number of hydrazone groups is 1. The molecule has 0 aromatic rings. The molecule has 0 aromatic carbocycles. The second-order valence-electron chi connectivity index (χ2n) is 9.47. The largest absolute Gasteiger partial charge is 0.320 e. The number of hydrogen-bond acceptors (Lipinski definition) is 6. The van der Waals surface area contributed by atoms with Gasteiger partial charge in [0.25, 0.3) is 0 Å². The van der Waals surface area contributed by atoms with Crippen LogP contribution in [0, 0.1) is 17.8 Å². The minimum Gasteiger partial charge on any atom is -0.320 e. The molecule has 3 N–H and O–H groups in total. The molecule has 162 valence electrons. The molecule has 0 aliphatic carbocycles. The Bertz CT molecular complexity index is 425. The first-order valence-corrected chi connectivity index (χ1v) is 11.8. The first-order chi connectivity index (χ1) is 13.8. The van der Waals surface area contributed by atoms with E-state index >= 15 is 0 Å². The lowest BCUT2D eigenvalue weighted by Crippen LogP contribution is -2.49. The van der Waals surface area contributed by atoms with Crippen LogP contribution in [0.2, 0.25) is 0 Å². The predicted octanol–water partition coefficient (Wildman–Crippen LogP) is 1.59. The molecule has 0 amide bonds. The van der Waals surface area contributed by atoms with Crippen molar-refractivity contribution in [2.45, 2.75) is 51.0 Å². The molecular weight excluding hydrogens is 348 g/mol. The summed E-state index contributed by atoms with van der Waals surface area (Å²) in [6, 6.07) is 0.533. The van der Waals surface area contributed by atoms with Crippen LogP contribution < -0.4 is 16.1 Å². The Morgan fingerprint density at radius 3 is 2.32 bits per heavy atom. The summed E-state index contributed by atoms with van der Waals surface area (Å²) in [6.45, 7) is 14.9. The van der Waals surface area contributed by atoms with Gasteiger partial charge in [0.2, 0.25) is 0 Å². The Morgan fingerprint density at radius 2 is 1.71 bits per heavy atom. The van der Waals surface area contributed by atoms with Gasteiger partial charge in [0.15, 0.2) is 0 Å². The van der Waals surface area contributed by atoms with Crippen LogP contribution in [-0.4, -0.2) is 88.5 Å². The van der Waals surface area contributed by atoms with Crippen LogP contribution in [0.15, 0.2) is 5.10 Å². The van der Waals surface area contributed by atoms with E-state index in [1.807, 2.05) is 0 Å². The molecule has 3 aliphatic rings. The van der Waals surface area contributed by atoms with Crippen molar-refractivity contribution in [1.82, 2.24) is 25.9 Å². The summed E-state index contributed by atoms with van der Waals surface area (Å²) in [5.41, 5.74) is 3.15. The number of nitrogens with zero attached hydrogens (tertiary/aromatic N) is 3. The van der Waals surface area contributed by atoms with E-state index in [9.17, 15) is 0 Å². The number of likely N-dealkylation sites (tertiary alicyclic amines) is 2. The maximum atomic E-state index is 3.86. The fourth-order valence-electron chi connectivity index (χ4n) is 5.19. The maximum absolute atomic E-state index is 3.86. The molecule has 6 heteroatoms. The highest BCUT2D eigenvalue weighted by Crippen LogP contribution is 2.26. The molecule has 1 unspecified atom stereocenters. The Hall–Kier alpha value is -0.690. The Kier molecular flexibility index (Phi) is 9.52. The van der Waals surface area contributed by atoms with Crippen molar-refractivity contribution in [3.05, 3.63) is 0 Å². The van der Waals surface area contributed by atoms with E-state index in [0.717, 1.165) is 24.3 Å². The Balaban J connectivity index is 1.34. The molecule has 1 atom stereocenters. The van der Waals surface area contributed by atoms with Gasteiger partial charge < -0.3 is 25.9 Å². The van der Waals surface area contributed by atoms with Gasteiger partial charge in [-0.05, 0) is 83.0 Å². The summed E-state index contributed by atoms with van der Waals surface area (Å²) >= 11 is 0. The van der Waals surface area contributed by atoms with E-state index in [4.69, 9.17) is 0 Å². The SMILES string of the molecule is C=NNC1CCN(CC(CCNC)CCC2CCN(CC3CNC3)CC2)CC1. The van der Waals surface area contributed by atoms with E-state index in [-0.39, 0.29) is 0 Å². The zero-order chi connectivity index (χ0) is 19.6. The molecule has 0 saturated carbocycles. The highest BCUT2D eigenvalue weighted by molar-refractivity contribution is 5.22. The van der Waals surface area contributed by atoms with Gasteiger partial charge in [0.05, 0.1) is 0 Å². The molecule has 3 aliphatic heterocycles. The quantitative estimate of drug-likeness (QED) is 0.348. The first kappa shape index (κ1) is 22.0. The molecule has 0 bridgehead atoms. The second-order valence-corrected chi connectivity index (χ2v) is 9.47. The van der Waals surface area contributed by atoms with Crippen LogP contribution in [0.1, 0.15) is 44.9 Å². The normalized spacial score (nSPS) is 24.8. The molecule has 0 radical (unpaired) electrons. The van der Waals surface area contributed by atoms with Crippen molar-refractivity contribution >= 4 is 6.72 Å². The lowest BCUT2D eigenvalue weighted by Gasteiger charge is -2.38. The summed E-state index contributed by atoms with van der Waals surface area (Å²) in [5, 5.41) is 10.6. The van der Waals surface area contributed by atoms with E-state index < -0.39 is 0 Å². The van der Waals surface area contributed by atoms with Crippen molar-refractivity contribution in [2.75, 3.05) is 66.0 Å². The third-order valence-electron chi connectivity index (χ3n) is 7.25. The zero-order valence-electron chi connectivity index (χ0n) is 18.2. The third-order valence-corrected chi connectivity index (χ3v) is 7.25. The smallest absolute Gasteiger partial charge is 0.0464 e. The highest BCUT2D eigenvalue weighted by Gasteiger charge is 2.26. The van der Waals surface area contributed by atoms with Gasteiger partial charge >= 0.3 is 0 Å². The molecular formula is C22H44N6. The van der Waals surface area contributed by atoms with E-state index in [2.05, 4.69) is 44.7 Å². The predicted molar refractivity (Wildman–Crippen MR) is 119 cm³/mol. The van der Waals surface area contributed by atoms with Crippen molar-refractivity contribution in [2.24, 2.45) is 22.9 Å². The lowest BCUT2D eigenvalue weighted by molar-refractivity contribution is 0.128. The van der Waals surface area contributed by atoms with E-state index in [1.165, 1.54) is 97.3 Å². The van der Waals surface area contributed by atoms with Gasteiger partial charge in [0, 0.05) is 52.0 Å². The summed E-state index contributed by atoms with van der Waals surface area (Å²) in [5.74, 6) is 2.72. The summed E-state index contributed by atoms with van der Waals surface area (Å²) in [7, 11) is 2.09. The fraction of sp³-hybridized carbons (Fsp3) is 0.955. The van der Waals surface area contributed by atoms with Crippen molar-refractivity contribution < 1.29 is 0 Å². The molecule has 0 aromatic heterocycles. The number of hydrogen-bond donors (Lipinski definition) is 3. The number of rotatable bonds is 12. The number of piperidine rings is 2. The summed E-state index contributed by atoms with van der Waals surface area (Å²) in [6.07, 6.45) is 9.40. The van der Waals surface area contributed by atoms with E-state index in [1.54, 1.807) is 0 Å². The average molecular weight is 393 g/mol. The molecule has 3 rings (SSSR count). The van der Waals surface area contributed by atoms with Crippen LogP contribution in [0.4, 0.5) is 0 Å². The molecule has 3 heterocycles. The van der Waals surface area contributed by atoms with Crippen LogP contribution in [0.25, 0.3) is 0 Å². The topological polar surface area (TPSA) is 54.9 Å².